The van der Waals surface area contributed by atoms with Crippen LogP contribution in [-0.2, 0) is 0 Å². The summed E-state index contributed by atoms with van der Waals surface area (Å²) in [6.45, 7) is 7.12. The fraction of sp³-hybridized carbons (Fsp3) is 0.643. The van der Waals surface area contributed by atoms with Gasteiger partial charge in [-0.15, -0.1) is 11.3 Å². The summed E-state index contributed by atoms with van der Waals surface area (Å²) in [5.41, 5.74) is 6.49. The Hall–Kier alpha value is -1.07. The highest BCUT2D eigenvalue weighted by atomic mass is 32.1. The normalized spacial score (nSPS) is 13.0. The van der Waals surface area contributed by atoms with Gasteiger partial charge in [0, 0.05) is 23.2 Å². The second-order valence-corrected chi connectivity index (χ2v) is 6.94. The van der Waals surface area contributed by atoms with Crippen LogP contribution in [0.2, 0.25) is 0 Å². The van der Waals surface area contributed by atoms with E-state index < -0.39 is 0 Å². The minimum Gasteiger partial charge on any atom is -0.398 e. The predicted molar refractivity (Wildman–Crippen MR) is 82.7 cm³/mol. The van der Waals surface area contributed by atoms with Crippen molar-refractivity contribution in [3.8, 4) is 0 Å². The average Bonchev–Trinajstić information content (AvgIpc) is 2.57. The van der Waals surface area contributed by atoms with Crippen LogP contribution in [0.3, 0.4) is 0 Å². The molecule has 108 valence electrons. The molecule has 5 heteroatoms. The highest BCUT2D eigenvalue weighted by Crippen LogP contribution is 2.23. The number of amides is 1. The van der Waals surface area contributed by atoms with Crippen LogP contribution in [0.25, 0.3) is 0 Å². The summed E-state index contributed by atoms with van der Waals surface area (Å²) in [6.07, 6.45) is 0.976. The topological polar surface area (TPSA) is 58.4 Å². The Kier molecular flexibility index (Phi) is 5.82. The number of likely N-dealkylation sites (N-methyl/N-ethyl adjacent to an activating group) is 1. The molecule has 0 spiro atoms. The highest BCUT2D eigenvalue weighted by Gasteiger charge is 2.17. The van der Waals surface area contributed by atoms with E-state index in [9.17, 15) is 4.79 Å². The third-order valence-electron chi connectivity index (χ3n) is 2.86. The van der Waals surface area contributed by atoms with Gasteiger partial charge >= 0.3 is 0 Å². The Morgan fingerprint density at radius 1 is 1.47 bits per heavy atom. The van der Waals surface area contributed by atoms with Crippen molar-refractivity contribution in [1.29, 1.82) is 0 Å². The minimum absolute atomic E-state index is 0.0164. The van der Waals surface area contributed by atoms with E-state index in [0.29, 0.717) is 16.5 Å². The minimum atomic E-state index is -0.0164. The number of thiophene rings is 1. The molecular formula is C14H25N3OS. The van der Waals surface area contributed by atoms with Gasteiger partial charge in [-0.05, 0) is 39.4 Å². The van der Waals surface area contributed by atoms with E-state index in [4.69, 9.17) is 5.73 Å². The zero-order valence-corrected chi connectivity index (χ0v) is 13.3. The molecule has 1 amide bonds. The van der Waals surface area contributed by atoms with Gasteiger partial charge in [-0.1, -0.05) is 13.8 Å². The van der Waals surface area contributed by atoms with Gasteiger partial charge in [0.2, 0.25) is 0 Å². The molecule has 0 radical (unpaired) electrons. The van der Waals surface area contributed by atoms with Crippen LogP contribution in [0.4, 0.5) is 5.69 Å². The Bertz CT molecular complexity index is 397. The van der Waals surface area contributed by atoms with Gasteiger partial charge in [0.15, 0.2) is 0 Å². The first-order valence-electron chi connectivity index (χ1n) is 6.61. The smallest absolute Gasteiger partial charge is 0.261 e. The zero-order valence-electron chi connectivity index (χ0n) is 12.5. The molecule has 0 fully saturated rings. The first kappa shape index (κ1) is 16.0. The molecule has 1 aromatic rings. The molecule has 1 rings (SSSR count). The first-order valence-corrected chi connectivity index (χ1v) is 7.42. The van der Waals surface area contributed by atoms with Crippen molar-refractivity contribution in [1.82, 2.24) is 10.2 Å². The van der Waals surface area contributed by atoms with E-state index in [2.05, 4.69) is 24.1 Å². The van der Waals surface area contributed by atoms with Crippen molar-refractivity contribution in [2.45, 2.75) is 33.2 Å². The molecule has 1 atom stereocenters. The molecule has 1 unspecified atom stereocenters. The number of aryl methyl sites for hydroxylation is 1. The molecule has 0 saturated carbocycles. The fourth-order valence-corrected chi connectivity index (χ4v) is 2.90. The maximum absolute atomic E-state index is 12.2. The standard InChI is InChI=1S/C14H25N3OS/c1-9(2)6-11(8-17(4)5)16-14(18)13-7-12(15)10(3)19-13/h7,9,11H,6,8,15H2,1-5H3,(H,16,18). The molecule has 4 nitrogen and oxygen atoms in total. The van der Waals surface area contributed by atoms with Gasteiger partial charge < -0.3 is 16.0 Å². The van der Waals surface area contributed by atoms with Crippen molar-refractivity contribution >= 4 is 22.9 Å². The average molecular weight is 283 g/mol. The molecule has 0 aliphatic rings. The van der Waals surface area contributed by atoms with Gasteiger partial charge in [0.25, 0.3) is 5.91 Å². The third kappa shape index (κ3) is 5.20. The summed E-state index contributed by atoms with van der Waals surface area (Å²) in [4.78, 5) is 16.0. The predicted octanol–water partition coefficient (Wildman–Crippen LogP) is 2.34. The molecule has 0 aliphatic heterocycles. The van der Waals surface area contributed by atoms with Crippen LogP contribution < -0.4 is 11.1 Å². The lowest BCUT2D eigenvalue weighted by molar-refractivity contribution is 0.0928. The lowest BCUT2D eigenvalue weighted by Gasteiger charge is -2.23. The Labute approximate surface area is 120 Å². The molecule has 0 saturated heterocycles. The number of carbonyl (C=O) groups is 1. The van der Waals surface area contributed by atoms with Crippen LogP contribution in [0.1, 0.15) is 34.8 Å². The number of hydrogen-bond donors (Lipinski definition) is 2. The first-order chi connectivity index (χ1) is 8.79. The summed E-state index contributed by atoms with van der Waals surface area (Å²) >= 11 is 1.45. The second-order valence-electron chi connectivity index (χ2n) is 5.68. The van der Waals surface area contributed by atoms with E-state index in [0.717, 1.165) is 17.8 Å². The molecular weight excluding hydrogens is 258 g/mol. The van der Waals surface area contributed by atoms with E-state index >= 15 is 0 Å². The molecule has 0 aromatic carbocycles. The number of anilines is 1. The monoisotopic (exact) mass is 283 g/mol. The van der Waals surface area contributed by atoms with E-state index in [-0.39, 0.29) is 11.9 Å². The Morgan fingerprint density at radius 2 is 2.11 bits per heavy atom. The summed E-state index contributed by atoms with van der Waals surface area (Å²) in [6, 6.07) is 1.93. The van der Waals surface area contributed by atoms with E-state index in [1.54, 1.807) is 6.07 Å². The number of nitrogen functional groups attached to an aromatic ring is 1. The summed E-state index contributed by atoms with van der Waals surface area (Å²) in [5, 5.41) is 3.11. The molecule has 3 N–H and O–H groups in total. The largest absolute Gasteiger partial charge is 0.398 e. The van der Waals surface area contributed by atoms with Crippen molar-refractivity contribution in [3.05, 3.63) is 15.8 Å². The van der Waals surface area contributed by atoms with Crippen molar-refractivity contribution in [3.63, 3.8) is 0 Å². The number of rotatable bonds is 6. The van der Waals surface area contributed by atoms with Crippen LogP contribution in [-0.4, -0.2) is 37.5 Å². The maximum atomic E-state index is 12.2. The van der Waals surface area contributed by atoms with Gasteiger partial charge in [-0.3, -0.25) is 4.79 Å². The number of carbonyl (C=O) groups excluding carboxylic acids is 1. The number of nitrogens with one attached hydrogen (secondary N) is 1. The number of nitrogens with zero attached hydrogens (tertiary/aromatic N) is 1. The maximum Gasteiger partial charge on any atom is 0.261 e. The number of nitrogens with two attached hydrogens (primary N) is 1. The van der Waals surface area contributed by atoms with Gasteiger partial charge in [0.05, 0.1) is 4.88 Å². The third-order valence-corrected chi connectivity index (χ3v) is 3.92. The van der Waals surface area contributed by atoms with Gasteiger partial charge in [0.1, 0.15) is 0 Å². The van der Waals surface area contributed by atoms with Gasteiger partial charge in [-0.25, -0.2) is 0 Å². The lowest BCUT2D eigenvalue weighted by Crippen LogP contribution is -2.42. The summed E-state index contributed by atoms with van der Waals surface area (Å²) < 4.78 is 0. The van der Waals surface area contributed by atoms with E-state index in [1.807, 2.05) is 21.0 Å². The highest BCUT2D eigenvalue weighted by molar-refractivity contribution is 7.14. The van der Waals surface area contributed by atoms with Crippen molar-refractivity contribution < 1.29 is 4.79 Å². The van der Waals surface area contributed by atoms with Crippen LogP contribution in [0.15, 0.2) is 6.07 Å². The summed E-state index contributed by atoms with van der Waals surface area (Å²) in [5.74, 6) is 0.540. The van der Waals surface area contributed by atoms with Crippen molar-refractivity contribution in [2.75, 3.05) is 26.4 Å². The van der Waals surface area contributed by atoms with Crippen LogP contribution >= 0.6 is 11.3 Å². The zero-order chi connectivity index (χ0) is 14.6. The molecule has 1 heterocycles. The summed E-state index contributed by atoms with van der Waals surface area (Å²) in [7, 11) is 4.04. The molecule has 19 heavy (non-hydrogen) atoms. The van der Waals surface area contributed by atoms with Gasteiger partial charge in [-0.2, -0.15) is 0 Å². The van der Waals surface area contributed by atoms with Crippen molar-refractivity contribution in [2.24, 2.45) is 5.92 Å². The number of hydrogen-bond acceptors (Lipinski definition) is 4. The molecule has 0 aliphatic carbocycles. The lowest BCUT2D eigenvalue weighted by atomic mass is 10.0. The molecule has 0 bridgehead atoms. The SMILES string of the molecule is Cc1sc(C(=O)NC(CC(C)C)CN(C)C)cc1N. The Balaban J connectivity index is 2.69. The van der Waals surface area contributed by atoms with E-state index in [1.165, 1.54) is 11.3 Å². The fourth-order valence-electron chi connectivity index (χ4n) is 2.05. The van der Waals surface area contributed by atoms with Crippen LogP contribution in [0, 0.1) is 12.8 Å². The van der Waals surface area contributed by atoms with Crippen LogP contribution in [0.5, 0.6) is 0 Å². The molecule has 1 aromatic heterocycles. The second kappa shape index (κ2) is 6.91. The Morgan fingerprint density at radius 3 is 2.53 bits per heavy atom. The quantitative estimate of drug-likeness (QED) is 0.842.